The lowest BCUT2D eigenvalue weighted by Crippen LogP contribution is -2.23. The summed E-state index contributed by atoms with van der Waals surface area (Å²) in [6.45, 7) is 4.37. The fourth-order valence-electron chi connectivity index (χ4n) is 1.87. The third-order valence-electron chi connectivity index (χ3n) is 2.96. The Morgan fingerprint density at radius 1 is 0.933 bits per heavy atom. The van der Waals surface area contributed by atoms with E-state index in [-0.39, 0.29) is 11.8 Å². The Bertz CT molecular complexity index is 157. The third kappa shape index (κ3) is 8.46. The number of amides is 1. The topological polar surface area (TPSA) is 43.1 Å². The van der Waals surface area contributed by atoms with Gasteiger partial charge in [0.15, 0.2) is 0 Å². The van der Waals surface area contributed by atoms with Crippen LogP contribution in [0.15, 0.2) is 0 Å². The Balaban J connectivity index is 3.53. The molecule has 1 atom stereocenters. The smallest absolute Gasteiger partial charge is 0.220 e. The number of hydrogen-bond donors (Lipinski definition) is 1. The zero-order valence-electron chi connectivity index (χ0n) is 10.4. The van der Waals surface area contributed by atoms with Gasteiger partial charge in [-0.1, -0.05) is 58.8 Å². The summed E-state index contributed by atoms with van der Waals surface area (Å²) in [4.78, 5) is 11.1. The second-order valence-corrected chi connectivity index (χ2v) is 4.44. The Morgan fingerprint density at radius 2 is 1.47 bits per heavy atom. The number of primary amides is 1. The van der Waals surface area contributed by atoms with Gasteiger partial charge < -0.3 is 5.73 Å². The van der Waals surface area contributed by atoms with E-state index in [9.17, 15) is 4.79 Å². The van der Waals surface area contributed by atoms with Crippen molar-refractivity contribution < 1.29 is 4.79 Å². The monoisotopic (exact) mass is 213 g/mol. The normalized spacial score (nSPS) is 12.7. The maximum absolute atomic E-state index is 11.1. The maximum Gasteiger partial charge on any atom is 0.220 e. The third-order valence-corrected chi connectivity index (χ3v) is 2.96. The van der Waals surface area contributed by atoms with Gasteiger partial charge in [0.1, 0.15) is 0 Å². The van der Waals surface area contributed by atoms with Gasteiger partial charge in [0.2, 0.25) is 5.91 Å². The lowest BCUT2D eigenvalue weighted by molar-refractivity contribution is -0.122. The van der Waals surface area contributed by atoms with Crippen molar-refractivity contribution in [1.82, 2.24) is 0 Å². The van der Waals surface area contributed by atoms with Gasteiger partial charge >= 0.3 is 0 Å². The molecule has 0 aromatic heterocycles. The summed E-state index contributed by atoms with van der Waals surface area (Å²) in [6.07, 6.45) is 10.6. The van der Waals surface area contributed by atoms with Crippen molar-refractivity contribution in [3.63, 3.8) is 0 Å². The molecule has 0 spiro atoms. The van der Waals surface area contributed by atoms with E-state index in [1.165, 1.54) is 25.7 Å². The zero-order valence-corrected chi connectivity index (χ0v) is 10.4. The highest BCUT2D eigenvalue weighted by atomic mass is 16.1. The van der Waals surface area contributed by atoms with Crippen molar-refractivity contribution in [2.24, 2.45) is 11.7 Å². The minimum absolute atomic E-state index is 0.0982. The standard InChI is InChI=1S/C13H27NO/c1-3-5-7-8-9-11-12(13(14)15)10-6-4-2/h12H,3-11H2,1-2H3,(H2,14,15). The SMILES string of the molecule is CCCCCCCC(CCCC)C(N)=O. The van der Waals surface area contributed by atoms with Crippen molar-refractivity contribution in [2.45, 2.75) is 71.6 Å². The molecular formula is C13H27NO. The highest BCUT2D eigenvalue weighted by Gasteiger charge is 2.13. The summed E-state index contributed by atoms with van der Waals surface area (Å²) in [5.41, 5.74) is 5.38. The zero-order chi connectivity index (χ0) is 11.5. The number of rotatable bonds is 10. The van der Waals surface area contributed by atoms with Crippen LogP contribution in [0.2, 0.25) is 0 Å². The molecule has 0 fully saturated rings. The Kier molecular flexibility index (Phi) is 9.65. The van der Waals surface area contributed by atoms with Crippen molar-refractivity contribution in [1.29, 1.82) is 0 Å². The Hall–Kier alpha value is -0.530. The van der Waals surface area contributed by atoms with E-state index in [0.717, 1.165) is 32.1 Å². The number of unbranched alkanes of at least 4 members (excludes halogenated alkanes) is 5. The molecule has 2 heteroatoms. The minimum Gasteiger partial charge on any atom is -0.369 e. The van der Waals surface area contributed by atoms with Gasteiger partial charge in [-0.25, -0.2) is 0 Å². The van der Waals surface area contributed by atoms with Gasteiger partial charge in [-0.05, 0) is 12.8 Å². The van der Waals surface area contributed by atoms with Crippen molar-refractivity contribution in [3.05, 3.63) is 0 Å². The van der Waals surface area contributed by atoms with E-state index < -0.39 is 0 Å². The number of nitrogens with two attached hydrogens (primary N) is 1. The van der Waals surface area contributed by atoms with Crippen LogP contribution in [0.5, 0.6) is 0 Å². The molecule has 1 unspecified atom stereocenters. The first kappa shape index (κ1) is 14.5. The predicted octanol–water partition coefficient (Wildman–Crippen LogP) is 3.64. The predicted molar refractivity (Wildman–Crippen MR) is 65.6 cm³/mol. The summed E-state index contributed by atoms with van der Waals surface area (Å²) in [5, 5.41) is 0. The van der Waals surface area contributed by atoms with Gasteiger partial charge in [0.05, 0.1) is 0 Å². The van der Waals surface area contributed by atoms with E-state index in [2.05, 4.69) is 13.8 Å². The number of carbonyl (C=O) groups excluding carboxylic acids is 1. The van der Waals surface area contributed by atoms with E-state index in [1.54, 1.807) is 0 Å². The van der Waals surface area contributed by atoms with Gasteiger partial charge in [0.25, 0.3) is 0 Å². The molecule has 0 aromatic rings. The minimum atomic E-state index is -0.0982. The van der Waals surface area contributed by atoms with Crippen LogP contribution in [0.1, 0.15) is 71.6 Å². The van der Waals surface area contributed by atoms with Gasteiger partial charge in [-0.15, -0.1) is 0 Å². The fourth-order valence-corrected chi connectivity index (χ4v) is 1.87. The van der Waals surface area contributed by atoms with Crippen molar-refractivity contribution in [3.8, 4) is 0 Å². The van der Waals surface area contributed by atoms with E-state index >= 15 is 0 Å². The molecule has 2 nitrogen and oxygen atoms in total. The first-order valence-corrected chi connectivity index (χ1v) is 6.51. The molecule has 0 bridgehead atoms. The summed E-state index contributed by atoms with van der Waals surface area (Å²) in [5.74, 6) is 0.0329. The molecule has 2 N–H and O–H groups in total. The van der Waals surface area contributed by atoms with Gasteiger partial charge in [-0.3, -0.25) is 4.79 Å². The van der Waals surface area contributed by atoms with Crippen LogP contribution >= 0.6 is 0 Å². The molecule has 0 rings (SSSR count). The van der Waals surface area contributed by atoms with Crippen LogP contribution in [0.4, 0.5) is 0 Å². The van der Waals surface area contributed by atoms with Gasteiger partial charge in [0, 0.05) is 5.92 Å². The molecule has 0 heterocycles. The lowest BCUT2D eigenvalue weighted by atomic mass is 9.94. The van der Waals surface area contributed by atoms with Crippen LogP contribution in [0, 0.1) is 5.92 Å². The number of hydrogen-bond acceptors (Lipinski definition) is 1. The average Bonchev–Trinajstić information content (AvgIpc) is 2.21. The number of carbonyl (C=O) groups is 1. The summed E-state index contributed by atoms with van der Waals surface area (Å²) in [7, 11) is 0. The highest BCUT2D eigenvalue weighted by Crippen LogP contribution is 2.17. The van der Waals surface area contributed by atoms with Crippen molar-refractivity contribution >= 4 is 5.91 Å². The Labute approximate surface area is 94.6 Å². The maximum atomic E-state index is 11.1. The molecule has 15 heavy (non-hydrogen) atoms. The molecular weight excluding hydrogens is 186 g/mol. The summed E-state index contributed by atoms with van der Waals surface area (Å²) < 4.78 is 0. The molecule has 0 saturated carbocycles. The lowest BCUT2D eigenvalue weighted by Gasteiger charge is -2.12. The first-order valence-electron chi connectivity index (χ1n) is 6.51. The molecule has 0 aliphatic heterocycles. The molecule has 0 aliphatic carbocycles. The summed E-state index contributed by atoms with van der Waals surface area (Å²) in [6, 6.07) is 0. The first-order chi connectivity index (χ1) is 7.22. The molecule has 0 aliphatic rings. The fraction of sp³-hybridized carbons (Fsp3) is 0.923. The van der Waals surface area contributed by atoms with Crippen LogP contribution in [0.3, 0.4) is 0 Å². The van der Waals surface area contributed by atoms with E-state index in [1.807, 2.05) is 0 Å². The van der Waals surface area contributed by atoms with Crippen LogP contribution < -0.4 is 5.73 Å². The molecule has 90 valence electrons. The van der Waals surface area contributed by atoms with Gasteiger partial charge in [-0.2, -0.15) is 0 Å². The molecule has 0 radical (unpaired) electrons. The van der Waals surface area contributed by atoms with Crippen LogP contribution in [-0.4, -0.2) is 5.91 Å². The average molecular weight is 213 g/mol. The van der Waals surface area contributed by atoms with Crippen LogP contribution in [-0.2, 0) is 4.79 Å². The van der Waals surface area contributed by atoms with E-state index in [4.69, 9.17) is 5.73 Å². The molecule has 0 aromatic carbocycles. The quantitative estimate of drug-likeness (QED) is 0.553. The van der Waals surface area contributed by atoms with Crippen LogP contribution in [0.25, 0.3) is 0 Å². The second-order valence-electron chi connectivity index (χ2n) is 4.44. The Morgan fingerprint density at radius 3 is 2.00 bits per heavy atom. The second kappa shape index (κ2) is 10.0. The molecule has 1 amide bonds. The highest BCUT2D eigenvalue weighted by molar-refractivity contribution is 5.76. The molecule has 0 saturated heterocycles. The largest absolute Gasteiger partial charge is 0.369 e. The van der Waals surface area contributed by atoms with E-state index in [0.29, 0.717) is 0 Å². The summed E-state index contributed by atoms with van der Waals surface area (Å²) >= 11 is 0. The van der Waals surface area contributed by atoms with Crippen molar-refractivity contribution in [2.75, 3.05) is 0 Å².